The zero-order chi connectivity index (χ0) is 22.8. The lowest BCUT2D eigenvalue weighted by molar-refractivity contribution is 0.0813. The molecule has 0 aromatic carbocycles. The summed E-state index contributed by atoms with van der Waals surface area (Å²) in [6, 6.07) is 5.31. The topological polar surface area (TPSA) is 118 Å². The molecule has 3 aromatic rings. The molecule has 10 heteroatoms. The molecule has 2 N–H and O–H groups in total. The lowest BCUT2D eigenvalue weighted by Crippen LogP contribution is -2.25. The first-order chi connectivity index (χ1) is 15.3. The highest BCUT2D eigenvalue weighted by molar-refractivity contribution is 6.07. The lowest BCUT2D eigenvalue weighted by Gasteiger charge is -2.13. The Balaban J connectivity index is 1.64. The van der Waals surface area contributed by atoms with Crippen molar-refractivity contribution in [3.8, 4) is 0 Å². The molecule has 0 aliphatic heterocycles. The van der Waals surface area contributed by atoms with Crippen molar-refractivity contribution in [3.05, 3.63) is 54.0 Å². The molecule has 10 nitrogen and oxygen atoms in total. The normalized spacial score (nSPS) is 13.2. The van der Waals surface area contributed by atoms with Crippen LogP contribution in [0.4, 0.5) is 17.2 Å². The number of rotatable bonds is 7. The van der Waals surface area contributed by atoms with E-state index in [1.54, 1.807) is 37.2 Å². The minimum atomic E-state index is -0.413. The van der Waals surface area contributed by atoms with Gasteiger partial charge in [-0.25, -0.2) is 15.0 Å². The maximum absolute atomic E-state index is 13.2. The second-order valence-electron chi connectivity index (χ2n) is 8.27. The highest BCUT2D eigenvalue weighted by Gasteiger charge is 2.27. The van der Waals surface area contributed by atoms with Crippen molar-refractivity contribution in [1.82, 2.24) is 29.6 Å². The van der Waals surface area contributed by atoms with E-state index in [0.717, 1.165) is 18.5 Å². The smallest absolute Gasteiger partial charge is 0.277 e. The number of hydrogen-bond donors (Lipinski definition) is 2. The van der Waals surface area contributed by atoms with E-state index >= 15 is 0 Å². The van der Waals surface area contributed by atoms with Gasteiger partial charge in [-0.15, -0.1) is 0 Å². The predicted molar refractivity (Wildman–Crippen MR) is 120 cm³/mol. The fourth-order valence-electron chi connectivity index (χ4n) is 3.29. The Hall–Kier alpha value is -3.82. The van der Waals surface area contributed by atoms with Crippen LogP contribution in [0.15, 0.2) is 36.9 Å². The van der Waals surface area contributed by atoms with E-state index in [1.807, 2.05) is 26.0 Å². The van der Waals surface area contributed by atoms with E-state index in [4.69, 9.17) is 0 Å². The zero-order valence-corrected chi connectivity index (χ0v) is 18.5. The van der Waals surface area contributed by atoms with Gasteiger partial charge in [-0.3, -0.25) is 14.3 Å². The van der Waals surface area contributed by atoms with Gasteiger partial charge in [0.15, 0.2) is 11.5 Å². The van der Waals surface area contributed by atoms with Crippen molar-refractivity contribution in [2.24, 2.45) is 0 Å². The van der Waals surface area contributed by atoms with Gasteiger partial charge in [-0.2, -0.15) is 5.10 Å². The van der Waals surface area contributed by atoms with Gasteiger partial charge < -0.3 is 15.5 Å². The summed E-state index contributed by atoms with van der Waals surface area (Å²) in [4.78, 5) is 39.9. The number of anilines is 3. The highest BCUT2D eigenvalue weighted by atomic mass is 16.2. The molecular weight excluding hydrogens is 408 g/mol. The second kappa shape index (κ2) is 8.74. The second-order valence-corrected chi connectivity index (χ2v) is 8.27. The molecule has 0 bridgehead atoms. The van der Waals surface area contributed by atoms with E-state index in [0.29, 0.717) is 28.8 Å². The van der Waals surface area contributed by atoms with Crippen LogP contribution in [-0.2, 0) is 0 Å². The summed E-state index contributed by atoms with van der Waals surface area (Å²) in [6.07, 6.45) is 6.81. The number of pyridine rings is 1. The molecule has 0 spiro atoms. The van der Waals surface area contributed by atoms with Crippen molar-refractivity contribution < 1.29 is 9.59 Å². The maximum atomic E-state index is 13.2. The number of carbonyl (C=O) groups excluding carboxylic acids is 2. The molecule has 1 aliphatic rings. The molecule has 166 valence electrons. The summed E-state index contributed by atoms with van der Waals surface area (Å²) in [5.74, 6) is 0.0812. The van der Waals surface area contributed by atoms with Gasteiger partial charge in [0.25, 0.3) is 11.8 Å². The van der Waals surface area contributed by atoms with Crippen LogP contribution < -0.4 is 10.6 Å². The minimum absolute atomic E-state index is 0.0498. The summed E-state index contributed by atoms with van der Waals surface area (Å²) < 4.78 is 1.60. The summed E-state index contributed by atoms with van der Waals surface area (Å²) in [5, 5.41) is 10.4. The minimum Gasteiger partial charge on any atom is -0.351 e. The Kier molecular flexibility index (Phi) is 5.85. The Morgan fingerprint density at radius 1 is 1.16 bits per heavy atom. The van der Waals surface area contributed by atoms with E-state index in [1.165, 1.54) is 11.2 Å². The third kappa shape index (κ3) is 4.58. The van der Waals surface area contributed by atoms with Crippen LogP contribution in [0.25, 0.3) is 0 Å². The van der Waals surface area contributed by atoms with Crippen LogP contribution in [0.2, 0.25) is 0 Å². The van der Waals surface area contributed by atoms with Gasteiger partial charge in [0.1, 0.15) is 12.0 Å². The molecule has 0 atom stereocenters. The third-order valence-corrected chi connectivity index (χ3v) is 5.06. The van der Waals surface area contributed by atoms with Crippen LogP contribution in [-0.4, -0.2) is 55.5 Å². The first-order valence-corrected chi connectivity index (χ1v) is 10.5. The summed E-state index contributed by atoms with van der Waals surface area (Å²) in [5.41, 5.74) is 2.72. The number of amides is 2. The number of aromatic nitrogens is 5. The van der Waals surface area contributed by atoms with Crippen LogP contribution in [0, 0.1) is 0 Å². The molecule has 0 radical (unpaired) electrons. The molecule has 0 saturated heterocycles. The molecular formula is C22H26N8O2. The Bertz CT molecular complexity index is 1140. The molecule has 1 aliphatic carbocycles. The quantitative estimate of drug-likeness (QED) is 0.586. The molecule has 3 heterocycles. The number of nitrogens with one attached hydrogen (secondary N) is 2. The Morgan fingerprint density at radius 3 is 2.50 bits per heavy atom. The number of carbonyl (C=O) groups is 2. The van der Waals surface area contributed by atoms with Crippen molar-refractivity contribution >= 4 is 29.0 Å². The summed E-state index contributed by atoms with van der Waals surface area (Å²) >= 11 is 0. The fourth-order valence-corrected chi connectivity index (χ4v) is 3.29. The van der Waals surface area contributed by atoms with Gasteiger partial charge in [0.2, 0.25) is 0 Å². The molecule has 2 amide bonds. The predicted octanol–water partition coefficient (Wildman–Crippen LogP) is 3.22. The Morgan fingerprint density at radius 2 is 1.88 bits per heavy atom. The van der Waals surface area contributed by atoms with Crippen molar-refractivity contribution in [1.29, 1.82) is 0 Å². The fraction of sp³-hybridized carbons (Fsp3) is 0.364. The number of hydrogen-bond acceptors (Lipinski definition) is 7. The zero-order valence-electron chi connectivity index (χ0n) is 18.5. The highest BCUT2D eigenvalue weighted by Crippen LogP contribution is 2.39. The summed E-state index contributed by atoms with van der Waals surface area (Å²) in [7, 11) is 3.35. The van der Waals surface area contributed by atoms with Gasteiger partial charge in [-0.05, 0) is 38.8 Å². The SMILES string of the molecule is CC(C)n1nc(NC(=O)c2nc(C3CC3)ccc2Nc2cncnc2)cc1C(=O)N(C)C. The average Bonchev–Trinajstić information content (AvgIpc) is 3.54. The summed E-state index contributed by atoms with van der Waals surface area (Å²) in [6.45, 7) is 3.85. The molecule has 1 fully saturated rings. The van der Waals surface area contributed by atoms with Crippen molar-refractivity contribution in [3.63, 3.8) is 0 Å². The standard InChI is InChI=1S/C22H26N8O2/c1-13(2)30-18(22(32)29(3)4)9-19(28-30)27-21(31)20-17(25-15-10-23-12-24-11-15)8-7-16(26-20)14-5-6-14/h7-14,25H,5-6H2,1-4H3,(H,27,28,31). The van der Waals surface area contributed by atoms with Crippen LogP contribution in [0.5, 0.6) is 0 Å². The molecule has 4 rings (SSSR count). The van der Waals surface area contributed by atoms with E-state index in [9.17, 15) is 9.59 Å². The van der Waals surface area contributed by atoms with Gasteiger partial charge in [0.05, 0.1) is 23.8 Å². The molecule has 3 aromatic heterocycles. The Labute approximate surface area is 186 Å². The van der Waals surface area contributed by atoms with Crippen LogP contribution in [0.1, 0.15) is 65.3 Å². The van der Waals surface area contributed by atoms with E-state index in [-0.39, 0.29) is 17.6 Å². The number of nitrogens with zero attached hydrogens (tertiary/aromatic N) is 6. The molecule has 0 unspecified atom stereocenters. The van der Waals surface area contributed by atoms with Gasteiger partial charge >= 0.3 is 0 Å². The first-order valence-electron chi connectivity index (χ1n) is 10.5. The maximum Gasteiger partial charge on any atom is 0.277 e. The van der Waals surface area contributed by atoms with Crippen molar-refractivity contribution in [2.45, 2.75) is 38.6 Å². The van der Waals surface area contributed by atoms with Gasteiger partial charge in [0, 0.05) is 37.8 Å². The van der Waals surface area contributed by atoms with E-state index in [2.05, 4.69) is 30.7 Å². The first kappa shape index (κ1) is 21.4. The molecule has 1 saturated carbocycles. The van der Waals surface area contributed by atoms with Crippen LogP contribution >= 0.6 is 0 Å². The average molecular weight is 435 g/mol. The molecule has 32 heavy (non-hydrogen) atoms. The third-order valence-electron chi connectivity index (χ3n) is 5.06. The largest absolute Gasteiger partial charge is 0.351 e. The van der Waals surface area contributed by atoms with Crippen molar-refractivity contribution in [2.75, 3.05) is 24.7 Å². The van der Waals surface area contributed by atoms with E-state index < -0.39 is 5.91 Å². The lowest BCUT2D eigenvalue weighted by atomic mass is 10.2. The monoisotopic (exact) mass is 434 g/mol. The van der Waals surface area contributed by atoms with Crippen LogP contribution in [0.3, 0.4) is 0 Å². The van der Waals surface area contributed by atoms with Gasteiger partial charge in [-0.1, -0.05) is 0 Å².